The normalized spacial score (nSPS) is 11.9. The Bertz CT molecular complexity index is 772. The molecule has 0 aliphatic heterocycles. The molecule has 0 aliphatic carbocycles. The number of rotatable bonds is 8. The summed E-state index contributed by atoms with van der Waals surface area (Å²) in [6.07, 6.45) is 3.73. The second kappa shape index (κ2) is 8.33. The van der Waals surface area contributed by atoms with Crippen LogP contribution in [0.5, 0.6) is 0 Å². The number of aromatic nitrogens is 2. The minimum atomic E-state index is 0.292. The molecule has 3 rings (SSSR count). The minimum absolute atomic E-state index is 0.292. The summed E-state index contributed by atoms with van der Waals surface area (Å²) in [5.74, 6) is 2.33. The monoisotopic (exact) mass is 336 g/mol. The van der Waals surface area contributed by atoms with Gasteiger partial charge in [0.1, 0.15) is 11.6 Å². The standard InChI is InChI=1S/C20H24N4O/c1-15(10-11-17-7-4-3-5-8-17)22-20-23-16(2)13-19(24-20)21-14-18-9-6-12-25-18/h3-9,12-13,15H,10-11,14H2,1-2H3,(H2,21,22,23,24). The number of nitrogens with zero attached hydrogens (tertiary/aromatic N) is 2. The average Bonchev–Trinajstić information content (AvgIpc) is 3.12. The van der Waals surface area contributed by atoms with Crippen molar-refractivity contribution in [3.8, 4) is 0 Å². The van der Waals surface area contributed by atoms with Crippen molar-refractivity contribution in [3.05, 3.63) is 71.8 Å². The van der Waals surface area contributed by atoms with E-state index in [0.29, 0.717) is 18.5 Å². The van der Waals surface area contributed by atoms with E-state index in [-0.39, 0.29) is 0 Å². The van der Waals surface area contributed by atoms with Gasteiger partial charge in [0.05, 0.1) is 12.8 Å². The van der Waals surface area contributed by atoms with Crippen molar-refractivity contribution in [1.29, 1.82) is 0 Å². The number of anilines is 2. The summed E-state index contributed by atoms with van der Waals surface area (Å²) in [5, 5.41) is 6.68. The molecule has 0 saturated carbocycles. The molecule has 5 heteroatoms. The highest BCUT2D eigenvalue weighted by molar-refractivity contribution is 5.42. The van der Waals surface area contributed by atoms with Crippen LogP contribution in [-0.2, 0) is 13.0 Å². The van der Waals surface area contributed by atoms with Crippen LogP contribution in [0.15, 0.2) is 59.2 Å². The summed E-state index contributed by atoms with van der Waals surface area (Å²) < 4.78 is 5.33. The highest BCUT2D eigenvalue weighted by Crippen LogP contribution is 2.14. The Labute approximate surface area is 148 Å². The third-order valence-corrected chi connectivity index (χ3v) is 3.96. The van der Waals surface area contributed by atoms with Crippen molar-refractivity contribution in [2.45, 2.75) is 39.3 Å². The summed E-state index contributed by atoms with van der Waals surface area (Å²) in [4.78, 5) is 9.04. The Morgan fingerprint density at radius 2 is 1.92 bits per heavy atom. The molecule has 2 heterocycles. The van der Waals surface area contributed by atoms with Crippen LogP contribution in [0.4, 0.5) is 11.8 Å². The Hall–Kier alpha value is -2.82. The first-order valence-electron chi connectivity index (χ1n) is 8.61. The maximum absolute atomic E-state index is 5.33. The van der Waals surface area contributed by atoms with Crippen LogP contribution in [-0.4, -0.2) is 16.0 Å². The predicted octanol–water partition coefficient (Wildman–Crippen LogP) is 4.42. The van der Waals surface area contributed by atoms with Gasteiger partial charge < -0.3 is 15.1 Å². The van der Waals surface area contributed by atoms with E-state index in [9.17, 15) is 0 Å². The molecule has 1 unspecified atom stereocenters. The third-order valence-electron chi connectivity index (χ3n) is 3.96. The van der Waals surface area contributed by atoms with Crippen LogP contribution >= 0.6 is 0 Å². The SMILES string of the molecule is Cc1cc(NCc2ccco2)nc(NC(C)CCc2ccccc2)n1. The van der Waals surface area contributed by atoms with E-state index >= 15 is 0 Å². The largest absolute Gasteiger partial charge is 0.467 e. The molecule has 0 saturated heterocycles. The summed E-state index contributed by atoms with van der Waals surface area (Å²) >= 11 is 0. The van der Waals surface area contributed by atoms with Gasteiger partial charge in [0, 0.05) is 17.8 Å². The second-order valence-electron chi connectivity index (χ2n) is 6.22. The zero-order valence-electron chi connectivity index (χ0n) is 14.7. The van der Waals surface area contributed by atoms with Crippen LogP contribution in [0, 0.1) is 6.92 Å². The van der Waals surface area contributed by atoms with Gasteiger partial charge in [-0.2, -0.15) is 4.98 Å². The Kier molecular flexibility index (Phi) is 5.67. The van der Waals surface area contributed by atoms with Crippen molar-refractivity contribution < 1.29 is 4.42 Å². The summed E-state index contributed by atoms with van der Waals surface area (Å²) in [6.45, 7) is 4.73. The Morgan fingerprint density at radius 1 is 1.08 bits per heavy atom. The predicted molar refractivity (Wildman–Crippen MR) is 101 cm³/mol. The molecule has 5 nitrogen and oxygen atoms in total. The summed E-state index contributed by atoms with van der Waals surface area (Å²) in [6, 6.07) is 16.6. The highest BCUT2D eigenvalue weighted by atomic mass is 16.3. The lowest BCUT2D eigenvalue weighted by Crippen LogP contribution is -2.18. The fourth-order valence-electron chi connectivity index (χ4n) is 2.63. The molecule has 1 aromatic carbocycles. The Morgan fingerprint density at radius 3 is 2.68 bits per heavy atom. The zero-order chi connectivity index (χ0) is 17.5. The van der Waals surface area contributed by atoms with E-state index in [1.54, 1.807) is 6.26 Å². The molecule has 0 aliphatic rings. The molecule has 1 atom stereocenters. The molecular weight excluding hydrogens is 312 g/mol. The van der Waals surface area contributed by atoms with E-state index < -0.39 is 0 Å². The number of hydrogen-bond acceptors (Lipinski definition) is 5. The molecule has 25 heavy (non-hydrogen) atoms. The van der Waals surface area contributed by atoms with Crippen LogP contribution < -0.4 is 10.6 Å². The first-order valence-corrected chi connectivity index (χ1v) is 8.61. The van der Waals surface area contributed by atoms with Gasteiger partial charge in [-0.1, -0.05) is 30.3 Å². The number of benzene rings is 1. The lowest BCUT2D eigenvalue weighted by Gasteiger charge is -2.15. The van der Waals surface area contributed by atoms with E-state index in [4.69, 9.17) is 4.42 Å². The van der Waals surface area contributed by atoms with Gasteiger partial charge >= 0.3 is 0 Å². The number of hydrogen-bond donors (Lipinski definition) is 2. The first-order chi connectivity index (χ1) is 12.2. The van der Waals surface area contributed by atoms with Crippen molar-refractivity contribution in [3.63, 3.8) is 0 Å². The summed E-state index contributed by atoms with van der Waals surface area (Å²) in [7, 11) is 0. The van der Waals surface area contributed by atoms with Crippen molar-refractivity contribution in [2.24, 2.45) is 0 Å². The van der Waals surface area contributed by atoms with E-state index in [0.717, 1.165) is 30.1 Å². The lowest BCUT2D eigenvalue weighted by molar-refractivity contribution is 0.518. The smallest absolute Gasteiger partial charge is 0.225 e. The molecule has 0 radical (unpaired) electrons. The number of nitrogens with one attached hydrogen (secondary N) is 2. The quantitative estimate of drug-likeness (QED) is 0.637. The molecule has 0 fully saturated rings. The van der Waals surface area contributed by atoms with E-state index in [1.807, 2.05) is 31.2 Å². The fraction of sp³-hybridized carbons (Fsp3) is 0.300. The second-order valence-corrected chi connectivity index (χ2v) is 6.22. The minimum Gasteiger partial charge on any atom is -0.467 e. The molecule has 0 bridgehead atoms. The molecule has 0 amide bonds. The molecule has 0 spiro atoms. The maximum atomic E-state index is 5.33. The van der Waals surface area contributed by atoms with Crippen molar-refractivity contribution in [2.75, 3.05) is 10.6 Å². The van der Waals surface area contributed by atoms with Crippen LogP contribution in [0.1, 0.15) is 30.4 Å². The van der Waals surface area contributed by atoms with Crippen molar-refractivity contribution >= 4 is 11.8 Å². The van der Waals surface area contributed by atoms with Crippen molar-refractivity contribution in [1.82, 2.24) is 9.97 Å². The summed E-state index contributed by atoms with van der Waals surface area (Å²) in [5.41, 5.74) is 2.27. The van der Waals surface area contributed by atoms with Gasteiger partial charge in [-0.05, 0) is 44.4 Å². The lowest BCUT2D eigenvalue weighted by atomic mass is 10.1. The number of aryl methyl sites for hydroxylation is 2. The van der Waals surface area contributed by atoms with Gasteiger partial charge in [-0.3, -0.25) is 0 Å². The van der Waals surface area contributed by atoms with Gasteiger partial charge in [0.25, 0.3) is 0 Å². The highest BCUT2D eigenvalue weighted by Gasteiger charge is 2.07. The molecule has 3 aromatic rings. The van der Waals surface area contributed by atoms with Gasteiger partial charge in [0.15, 0.2) is 0 Å². The van der Waals surface area contributed by atoms with E-state index in [1.165, 1.54) is 5.56 Å². The van der Waals surface area contributed by atoms with Gasteiger partial charge in [0.2, 0.25) is 5.95 Å². The molecule has 130 valence electrons. The van der Waals surface area contributed by atoms with Crippen LogP contribution in [0.2, 0.25) is 0 Å². The Balaban J connectivity index is 1.55. The first kappa shape index (κ1) is 17.0. The fourth-order valence-corrected chi connectivity index (χ4v) is 2.63. The average molecular weight is 336 g/mol. The zero-order valence-corrected chi connectivity index (χ0v) is 14.7. The topological polar surface area (TPSA) is 63.0 Å². The molecule has 2 aromatic heterocycles. The maximum Gasteiger partial charge on any atom is 0.225 e. The van der Waals surface area contributed by atoms with E-state index in [2.05, 4.69) is 51.8 Å². The molecular formula is C20H24N4O. The van der Waals surface area contributed by atoms with Gasteiger partial charge in [-0.15, -0.1) is 0 Å². The van der Waals surface area contributed by atoms with Gasteiger partial charge in [-0.25, -0.2) is 4.98 Å². The number of furan rings is 1. The molecule has 2 N–H and O–H groups in total. The third kappa shape index (κ3) is 5.35. The van der Waals surface area contributed by atoms with Crippen LogP contribution in [0.25, 0.3) is 0 Å². The van der Waals surface area contributed by atoms with Crippen LogP contribution in [0.3, 0.4) is 0 Å².